The second-order valence-corrected chi connectivity index (χ2v) is 4.09. The maximum absolute atomic E-state index is 5.90. The van der Waals surface area contributed by atoms with Crippen molar-refractivity contribution >= 4 is 23.4 Å². The quantitative estimate of drug-likeness (QED) is 0.811. The molecule has 99 valence electrons. The van der Waals surface area contributed by atoms with Crippen molar-refractivity contribution in [3.63, 3.8) is 0 Å². The minimum Gasteiger partial charge on any atom is -0.383 e. The average Bonchev–Trinajstić information content (AvgIpc) is 2.30. The molecule has 6 heteroatoms. The summed E-state index contributed by atoms with van der Waals surface area (Å²) in [5.74, 6) is 0.605. The van der Waals surface area contributed by atoms with Crippen molar-refractivity contribution in [1.29, 1.82) is 0 Å². The Labute approximate surface area is 126 Å². The van der Waals surface area contributed by atoms with Crippen molar-refractivity contribution in [1.82, 2.24) is 9.97 Å². The van der Waals surface area contributed by atoms with Gasteiger partial charge in [-0.2, -0.15) is 4.98 Å². The Morgan fingerprint density at radius 1 is 1.11 bits per heavy atom. The van der Waals surface area contributed by atoms with E-state index >= 15 is 0 Å². The zero-order valence-corrected chi connectivity index (χ0v) is 12.0. The van der Waals surface area contributed by atoms with E-state index in [9.17, 15) is 0 Å². The number of nitrogens with two attached hydrogens (primary N) is 2. The molecule has 1 aromatic carbocycles. The molecule has 0 saturated heterocycles. The van der Waals surface area contributed by atoms with Gasteiger partial charge < -0.3 is 11.5 Å². The SMILES string of the molecule is CCc1nc(N)nc(N)c1-c1ccc(Cl)cc1.[Ag]. The van der Waals surface area contributed by atoms with E-state index in [1.807, 2.05) is 31.2 Å². The van der Waals surface area contributed by atoms with Crippen LogP contribution in [0.4, 0.5) is 11.8 Å². The fourth-order valence-electron chi connectivity index (χ4n) is 1.73. The van der Waals surface area contributed by atoms with Crippen LogP contribution in [0, 0.1) is 0 Å². The Bertz CT molecular complexity index is 543. The molecular weight excluding hydrogens is 343 g/mol. The van der Waals surface area contributed by atoms with E-state index in [4.69, 9.17) is 23.1 Å². The van der Waals surface area contributed by atoms with Crippen LogP contribution in [0.2, 0.25) is 5.02 Å². The molecular formula is C12H13AgClN4. The molecule has 0 amide bonds. The standard InChI is InChI=1S/C12H13ClN4.Ag/c1-2-9-10(11(14)17-12(15)16-9)7-3-5-8(13)6-4-7;/h3-6H,2H2,1H3,(H4,14,15,16,17);. The van der Waals surface area contributed by atoms with Crippen molar-refractivity contribution < 1.29 is 22.4 Å². The Hall–Kier alpha value is -1.07. The van der Waals surface area contributed by atoms with E-state index in [1.165, 1.54) is 0 Å². The van der Waals surface area contributed by atoms with Crippen LogP contribution in [0.15, 0.2) is 24.3 Å². The number of anilines is 2. The summed E-state index contributed by atoms with van der Waals surface area (Å²) in [5, 5.41) is 0.682. The van der Waals surface area contributed by atoms with Gasteiger partial charge in [0.05, 0.1) is 5.69 Å². The van der Waals surface area contributed by atoms with E-state index in [0.29, 0.717) is 10.8 Å². The molecule has 0 aliphatic rings. The van der Waals surface area contributed by atoms with Crippen LogP contribution in [0.5, 0.6) is 0 Å². The van der Waals surface area contributed by atoms with Crippen molar-refractivity contribution in [2.75, 3.05) is 11.5 Å². The minimum atomic E-state index is 0. The average molecular weight is 357 g/mol. The summed E-state index contributed by atoms with van der Waals surface area (Å²) in [7, 11) is 0. The van der Waals surface area contributed by atoms with E-state index in [0.717, 1.165) is 23.2 Å². The Kier molecular flexibility index (Phi) is 5.16. The summed E-state index contributed by atoms with van der Waals surface area (Å²) in [6.45, 7) is 2.00. The summed E-state index contributed by atoms with van der Waals surface area (Å²) < 4.78 is 0. The van der Waals surface area contributed by atoms with Crippen LogP contribution in [-0.4, -0.2) is 9.97 Å². The second-order valence-electron chi connectivity index (χ2n) is 3.65. The zero-order chi connectivity index (χ0) is 12.4. The van der Waals surface area contributed by atoms with Gasteiger partial charge in [-0.3, -0.25) is 0 Å². The molecule has 4 N–H and O–H groups in total. The molecule has 0 bridgehead atoms. The third kappa shape index (κ3) is 3.03. The Morgan fingerprint density at radius 2 is 1.72 bits per heavy atom. The van der Waals surface area contributed by atoms with Gasteiger partial charge in [0.25, 0.3) is 0 Å². The van der Waals surface area contributed by atoms with Gasteiger partial charge in [-0.05, 0) is 24.1 Å². The van der Waals surface area contributed by atoms with E-state index < -0.39 is 0 Å². The first-order valence-electron chi connectivity index (χ1n) is 5.29. The number of hydrogen-bond acceptors (Lipinski definition) is 4. The van der Waals surface area contributed by atoms with Gasteiger partial charge in [0.15, 0.2) is 0 Å². The number of halogens is 1. The summed E-state index contributed by atoms with van der Waals surface area (Å²) >= 11 is 5.86. The molecule has 18 heavy (non-hydrogen) atoms. The molecule has 0 saturated carbocycles. The molecule has 2 rings (SSSR count). The van der Waals surface area contributed by atoms with Crippen molar-refractivity contribution in [2.45, 2.75) is 13.3 Å². The number of benzene rings is 1. The monoisotopic (exact) mass is 355 g/mol. The minimum absolute atomic E-state index is 0. The second kappa shape index (κ2) is 6.20. The van der Waals surface area contributed by atoms with Crippen LogP contribution in [0.1, 0.15) is 12.6 Å². The Balaban J connectivity index is 0.00000162. The predicted octanol–water partition coefficient (Wildman–Crippen LogP) is 2.52. The first kappa shape index (κ1) is 15.0. The fourth-order valence-corrected chi connectivity index (χ4v) is 1.86. The molecule has 0 unspecified atom stereocenters. The number of nitrogen functional groups attached to an aromatic ring is 2. The Morgan fingerprint density at radius 3 is 2.28 bits per heavy atom. The van der Waals surface area contributed by atoms with Crippen molar-refractivity contribution in [3.05, 3.63) is 35.0 Å². The predicted molar refractivity (Wildman–Crippen MR) is 70.7 cm³/mol. The topological polar surface area (TPSA) is 77.8 Å². The number of aryl methyl sites for hydroxylation is 1. The van der Waals surface area contributed by atoms with Crippen molar-refractivity contribution in [3.8, 4) is 11.1 Å². The first-order valence-corrected chi connectivity index (χ1v) is 5.67. The van der Waals surface area contributed by atoms with E-state index in [2.05, 4.69) is 9.97 Å². The molecule has 0 fully saturated rings. The molecule has 0 atom stereocenters. The summed E-state index contributed by atoms with van der Waals surface area (Å²) in [4.78, 5) is 8.20. The largest absolute Gasteiger partial charge is 0.383 e. The molecule has 4 nitrogen and oxygen atoms in total. The number of rotatable bonds is 2. The van der Waals surface area contributed by atoms with Gasteiger partial charge in [-0.15, -0.1) is 0 Å². The van der Waals surface area contributed by atoms with E-state index in [-0.39, 0.29) is 28.3 Å². The van der Waals surface area contributed by atoms with Gasteiger partial charge in [0.2, 0.25) is 5.95 Å². The van der Waals surface area contributed by atoms with Gasteiger partial charge in [-0.25, -0.2) is 4.98 Å². The molecule has 0 aliphatic heterocycles. The van der Waals surface area contributed by atoms with Crippen LogP contribution in [0.3, 0.4) is 0 Å². The maximum Gasteiger partial charge on any atom is 0.222 e. The van der Waals surface area contributed by atoms with Gasteiger partial charge in [-0.1, -0.05) is 30.7 Å². The summed E-state index contributed by atoms with van der Waals surface area (Å²) in [5.41, 5.74) is 14.1. The number of hydrogen-bond donors (Lipinski definition) is 2. The summed E-state index contributed by atoms with van der Waals surface area (Å²) in [6, 6.07) is 7.41. The van der Waals surface area contributed by atoms with Crippen LogP contribution in [0.25, 0.3) is 11.1 Å². The van der Waals surface area contributed by atoms with Crippen molar-refractivity contribution in [2.24, 2.45) is 0 Å². The molecule has 0 aliphatic carbocycles. The fraction of sp³-hybridized carbons (Fsp3) is 0.167. The van der Waals surface area contributed by atoms with Gasteiger partial charge >= 0.3 is 0 Å². The van der Waals surface area contributed by atoms with Crippen LogP contribution in [-0.2, 0) is 28.8 Å². The third-order valence-corrected chi connectivity index (χ3v) is 2.75. The third-order valence-electron chi connectivity index (χ3n) is 2.50. The first-order chi connectivity index (χ1) is 8.11. The molecule has 0 spiro atoms. The molecule has 1 heterocycles. The van der Waals surface area contributed by atoms with Crippen LogP contribution >= 0.6 is 11.6 Å². The molecule has 1 radical (unpaired) electrons. The van der Waals surface area contributed by atoms with Crippen LogP contribution < -0.4 is 11.5 Å². The normalized spacial score (nSPS) is 9.89. The van der Waals surface area contributed by atoms with E-state index in [1.54, 1.807) is 0 Å². The maximum atomic E-state index is 5.90. The smallest absolute Gasteiger partial charge is 0.222 e. The zero-order valence-electron chi connectivity index (χ0n) is 9.75. The molecule has 2 aromatic rings. The molecule has 1 aromatic heterocycles. The summed E-state index contributed by atoms with van der Waals surface area (Å²) in [6.07, 6.45) is 0.745. The van der Waals surface area contributed by atoms with Gasteiger partial charge in [0.1, 0.15) is 5.82 Å². The number of nitrogens with zero attached hydrogens (tertiary/aromatic N) is 2. The number of aromatic nitrogens is 2. The van der Waals surface area contributed by atoms with Gasteiger partial charge in [0, 0.05) is 33.0 Å².